The molecule has 2 heterocycles. The van der Waals surface area contributed by atoms with Gasteiger partial charge >= 0.3 is 0 Å². The van der Waals surface area contributed by atoms with Crippen molar-refractivity contribution in [2.75, 3.05) is 0 Å². The van der Waals surface area contributed by atoms with Crippen molar-refractivity contribution in [3.63, 3.8) is 0 Å². The Balaban J connectivity index is 2.31. The van der Waals surface area contributed by atoms with Crippen molar-refractivity contribution in [3.8, 4) is 0 Å². The van der Waals surface area contributed by atoms with E-state index in [1.165, 1.54) is 21.5 Å². The van der Waals surface area contributed by atoms with Gasteiger partial charge < -0.3 is 0 Å². The van der Waals surface area contributed by atoms with Gasteiger partial charge in [-0.05, 0) is 35.0 Å². The molecular formula is C16H10N2. The third-order valence-corrected chi connectivity index (χ3v) is 3.36. The second kappa shape index (κ2) is 3.50. The van der Waals surface area contributed by atoms with Gasteiger partial charge in [0.1, 0.15) is 0 Å². The van der Waals surface area contributed by atoms with Crippen LogP contribution in [0.15, 0.2) is 60.9 Å². The first kappa shape index (κ1) is 9.54. The van der Waals surface area contributed by atoms with E-state index in [1.807, 2.05) is 24.5 Å². The molecule has 4 rings (SSSR count). The molecule has 0 saturated heterocycles. The molecule has 0 N–H and O–H groups in total. The van der Waals surface area contributed by atoms with Crippen LogP contribution >= 0.6 is 0 Å². The summed E-state index contributed by atoms with van der Waals surface area (Å²) in [7, 11) is 0. The third-order valence-electron chi connectivity index (χ3n) is 3.36. The van der Waals surface area contributed by atoms with E-state index in [0.29, 0.717) is 0 Å². The summed E-state index contributed by atoms with van der Waals surface area (Å²) in [6, 6.07) is 16.6. The Morgan fingerprint density at radius 3 is 1.50 bits per heavy atom. The van der Waals surface area contributed by atoms with Crippen molar-refractivity contribution >= 4 is 32.6 Å². The second-order valence-electron chi connectivity index (χ2n) is 4.37. The molecule has 0 unspecified atom stereocenters. The topological polar surface area (TPSA) is 25.8 Å². The number of hydrogen-bond donors (Lipinski definition) is 0. The van der Waals surface area contributed by atoms with Crippen molar-refractivity contribution in [2.24, 2.45) is 0 Å². The summed E-state index contributed by atoms with van der Waals surface area (Å²) in [6.07, 6.45) is 3.66. The van der Waals surface area contributed by atoms with Gasteiger partial charge in [-0.15, -0.1) is 0 Å². The Hall–Kier alpha value is -2.48. The number of benzene rings is 2. The summed E-state index contributed by atoms with van der Waals surface area (Å²) in [6.45, 7) is 0. The van der Waals surface area contributed by atoms with Crippen molar-refractivity contribution in [2.45, 2.75) is 0 Å². The van der Waals surface area contributed by atoms with Crippen molar-refractivity contribution in [3.05, 3.63) is 60.9 Å². The quantitative estimate of drug-likeness (QED) is 0.428. The highest BCUT2D eigenvalue weighted by Gasteiger charge is 2.04. The average Bonchev–Trinajstić information content (AvgIpc) is 2.46. The zero-order valence-electron chi connectivity index (χ0n) is 9.67. The first-order valence-electron chi connectivity index (χ1n) is 5.95. The molecule has 4 aromatic rings. The van der Waals surface area contributed by atoms with Crippen LogP contribution in [0.5, 0.6) is 0 Å². The molecule has 18 heavy (non-hydrogen) atoms. The molecule has 0 bridgehead atoms. The summed E-state index contributed by atoms with van der Waals surface area (Å²) >= 11 is 0. The standard InChI is InChI=1S/C16H10N2/c1-3-13-11-5-8-16-14(4-2-10-18-16)12(11)6-7-15(13)17-9-1/h1-10H. The van der Waals surface area contributed by atoms with Crippen LogP contribution in [0.2, 0.25) is 0 Å². The second-order valence-corrected chi connectivity index (χ2v) is 4.37. The Morgan fingerprint density at radius 2 is 1.00 bits per heavy atom. The smallest absolute Gasteiger partial charge is 0.0708 e. The Labute approximate surface area is 104 Å². The average molecular weight is 230 g/mol. The monoisotopic (exact) mass is 230 g/mol. The van der Waals surface area contributed by atoms with E-state index in [9.17, 15) is 0 Å². The van der Waals surface area contributed by atoms with Crippen molar-refractivity contribution in [1.82, 2.24) is 9.97 Å². The summed E-state index contributed by atoms with van der Waals surface area (Å²) in [5.74, 6) is 0. The molecule has 0 spiro atoms. The molecule has 0 atom stereocenters. The minimum Gasteiger partial charge on any atom is -0.256 e. The molecule has 2 heteroatoms. The maximum atomic E-state index is 4.40. The van der Waals surface area contributed by atoms with Gasteiger partial charge in [0.25, 0.3) is 0 Å². The number of nitrogens with zero attached hydrogens (tertiary/aromatic N) is 2. The molecule has 2 aromatic carbocycles. The van der Waals surface area contributed by atoms with Crippen LogP contribution in [0.25, 0.3) is 32.6 Å². The maximum Gasteiger partial charge on any atom is 0.0708 e. The molecule has 0 amide bonds. The molecule has 0 aliphatic rings. The van der Waals surface area contributed by atoms with Crippen LogP contribution in [0, 0.1) is 0 Å². The lowest BCUT2D eigenvalue weighted by molar-refractivity contribution is 1.41. The fraction of sp³-hybridized carbons (Fsp3) is 0. The summed E-state index contributed by atoms with van der Waals surface area (Å²) in [4.78, 5) is 8.79. The summed E-state index contributed by atoms with van der Waals surface area (Å²) in [5, 5.41) is 4.86. The van der Waals surface area contributed by atoms with Crippen LogP contribution in [0.4, 0.5) is 0 Å². The van der Waals surface area contributed by atoms with Crippen LogP contribution in [0.1, 0.15) is 0 Å². The van der Waals surface area contributed by atoms with E-state index in [1.54, 1.807) is 0 Å². The predicted octanol–water partition coefficient (Wildman–Crippen LogP) is 3.94. The number of hydrogen-bond acceptors (Lipinski definition) is 2. The van der Waals surface area contributed by atoms with Crippen LogP contribution < -0.4 is 0 Å². The molecular weight excluding hydrogens is 220 g/mol. The van der Waals surface area contributed by atoms with E-state index in [0.717, 1.165) is 11.0 Å². The van der Waals surface area contributed by atoms with E-state index >= 15 is 0 Å². The van der Waals surface area contributed by atoms with Crippen molar-refractivity contribution < 1.29 is 0 Å². The predicted molar refractivity (Wildman–Crippen MR) is 74.6 cm³/mol. The SMILES string of the molecule is c1cnc2ccc3c4cccnc4ccc3c2c1. The van der Waals surface area contributed by atoms with Gasteiger partial charge in [0.2, 0.25) is 0 Å². The van der Waals surface area contributed by atoms with E-state index in [4.69, 9.17) is 0 Å². The lowest BCUT2D eigenvalue weighted by Gasteiger charge is -2.05. The van der Waals surface area contributed by atoms with E-state index < -0.39 is 0 Å². The highest BCUT2D eigenvalue weighted by molar-refractivity contribution is 6.15. The Bertz CT molecular complexity index is 806. The van der Waals surface area contributed by atoms with Gasteiger partial charge in [-0.2, -0.15) is 0 Å². The van der Waals surface area contributed by atoms with Gasteiger partial charge in [0, 0.05) is 23.2 Å². The third kappa shape index (κ3) is 1.23. The van der Waals surface area contributed by atoms with Crippen LogP contribution in [-0.4, -0.2) is 9.97 Å². The largest absolute Gasteiger partial charge is 0.256 e. The van der Waals surface area contributed by atoms with Gasteiger partial charge in [-0.1, -0.05) is 24.3 Å². The first-order valence-corrected chi connectivity index (χ1v) is 5.95. The van der Waals surface area contributed by atoms with Gasteiger partial charge in [0.15, 0.2) is 0 Å². The fourth-order valence-electron chi connectivity index (χ4n) is 2.53. The number of fused-ring (bicyclic) bond motifs is 5. The Morgan fingerprint density at radius 1 is 0.500 bits per heavy atom. The number of pyridine rings is 2. The van der Waals surface area contributed by atoms with Gasteiger partial charge in [-0.3, -0.25) is 9.97 Å². The molecule has 0 fully saturated rings. The van der Waals surface area contributed by atoms with Gasteiger partial charge in [-0.25, -0.2) is 0 Å². The minimum absolute atomic E-state index is 1.04. The zero-order chi connectivity index (χ0) is 11.9. The molecule has 0 aliphatic heterocycles. The van der Waals surface area contributed by atoms with Crippen LogP contribution in [-0.2, 0) is 0 Å². The first-order chi connectivity index (χ1) is 8.93. The molecule has 0 radical (unpaired) electrons. The van der Waals surface area contributed by atoms with Crippen molar-refractivity contribution in [1.29, 1.82) is 0 Å². The van der Waals surface area contributed by atoms with E-state index in [-0.39, 0.29) is 0 Å². The lowest BCUT2D eigenvalue weighted by Crippen LogP contribution is -1.83. The minimum atomic E-state index is 1.04. The molecule has 2 aromatic heterocycles. The summed E-state index contributed by atoms with van der Waals surface area (Å²) < 4.78 is 0. The maximum absolute atomic E-state index is 4.40. The van der Waals surface area contributed by atoms with Crippen LogP contribution in [0.3, 0.4) is 0 Å². The molecule has 0 saturated carbocycles. The highest BCUT2D eigenvalue weighted by Crippen LogP contribution is 2.29. The fourth-order valence-corrected chi connectivity index (χ4v) is 2.53. The highest BCUT2D eigenvalue weighted by atomic mass is 14.7. The number of rotatable bonds is 0. The molecule has 2 nitrogen and oxygen atoms in total. The zero-order valence-corrected chi connectivity index (χ0v) is 9.67. The lowest BCUT2D eigenvalue weighted by atomic mass is 10.0. The summed E-state index contributed by atoms with van der Waals surface area (Å²) in [5.41, 5.74) is 2.07. The van der Waals surface area contributed by atoms with E-state index in [2.05, 4.69) is 46.4 Å². The number of aromatic nitrogens is 2. The molecule has 0 aliphatic carbocycles. The Kier molecular flexibility index (Phi) is 1.86. The normalized spacial score (nSPS) is 11.3. The van der Waals surface area contributed by atoms with Gasteiger partial charge in [0.05, 0.1) is 11.0 Å². The molecule has 84 valence electrons.